The zero-order valence-electron chi connectivity index (χ0n) is 21.1. The number of aliphatic imine (C=N–C) groups is 1. The van der Waals surface area contributed by atoms with Gasteiger partial charge in [-0.15, -0.1) is 0 Å². The van der Waals surface area contributed by atoms with Crippen LogP contribution in [0.5, 0.6) is 11.5 Å². The van der Waals surface area contributed by atoms with E-state index >= 15 is 0 Å². The quantitative estimate of drug-likeness (QED) is 0.103. The SMILES string of the molecule is Cc1cc2c(C)ccc(OCCC(Oc3ccccc3)OS(=O)O)c2nc1N=C(N)N(CC(=O)O)CC(=O)O. The maximum Gasteiger partial charge on any atom is 0.323 e. The van der Waals surface area contributed by atoms with E-state index in [0.717, 1.165) is 15.8 Å². The van der Waals surface area contributed by atoms with Crippen LogP contribution in [0.2, 0.25) is 0 Å². The third kappa shape index (κ3) is 8.63. The third-order valence-corrected chi connectivity index (χ3v) is 5.72. The standard InChI is InChI=1S/C25H28N4O9S/c1-15-8-9-19(36-11-10-22(38-39(34)35)37-17-6-4-3-5-7-17)23-18(15)12-16(2)24(27-23)28-25(26)29(13-20(30)31)14-21(32)33/h3-9,12,22H,10-11,13-14H2,1-2H3,(H,30,31)(H,32,33)(H,34,35)(H2,26,27,28). The Kier molecular flexibility index (Phi) is 10.1. The van der Waals surface area contributed by atoms with Crippen LogP contribution in [0.4, 0.5) is 5.82 Å². The number of carboxylic acids is 2. The number of benzene rings is 2. The molecule has 1 aromatic heterocycles. The molecule has 2 atom stereocenters. The number of pyridine rings is 1. The Morgan fingerprint density at radius 3 is 2.36 bits per heavy atom. The molecular weight excluding hydrogens is 532 g/mol. The maximum atomic E-state index is 11.2. The lowest BCUT2D eigenvalue weighted by Gasteiger charge is -2.19. The summed E-state index contributed by atoms with van der Waals surface area (Å²) in [5.74, 6) is -1.88. The van der Waals surface area contributed by atoms with Crippen LogP contribution in [0.3, 0.4) is 0 Å². The van der Waals surface area contributed by atoms with Crippen molar-refractivity contribution in [2.24, 2.45) is 10.7 Å². The van der Waals surface area contributed by atoms with Crippen molar-refractivity contribution >= 4 is 46.0 Å². The summed E-state index contributed by atoms with van der Waals surface area (Å²) in [5, 5.41) is 19.0. The van der Waals surface area contributed by atoms with Gasteiger partial charge in [0.15, 0.2) is 11.8 Å². The Morgan fingerprint density at radius 1 is 1.08 bits per heavy atom. The van der Waals surface area contributed by atoms with E-state index in [1.54, 1.807) is 43.3 Å². The molecule has 2 aromatic carbocycles. The number of aryl methyl sites for hydroxylation is 2. The van der Waals surface area contributed by atoms with E-state index < -0.39 is 42.7 Å². The molecule has 14 heteroatoms. The van der Waals surface area contributed by atoms with Gasteiger partial charge in [0.1, 0.15) is 30.1 Å². The number of aliphatic carboxylic acids is 2. The van der Waals surface area contributed by atoms with Gasteiger partial charge in [0.05, 0.1) is 6.61 Å². The number of aromatic nitrogens is 1. The molecule has 3 aromatic rings. The van der Waals surface area contributed by atoms with E-state index in [0.29, 0.717) is 22.6 Å². The van der Waals surface area contributed by atoms with E-state index in [9.17, 15) is 18.4 Å². The van der Waals surface area contributed by atoms with Crippen molar-refractivity contribution in [3.63, 3.8) is 0 Å². The molecule has 5 N–H and O–H groups in total. The molecule has 0 bridgehead atoms. The average Bonchev–Trinajstić information content (AvgIpc) is 2.85. The van der Waals surface area contributed by atoms with Gasteiger partial charge in [0, 0.05) is 11.8 Å². The molecule has 0 fully saturated rings. The monoisotopic (exact) mass is 560 g/mol. The number of para-hydroxylation sites is 1. The van der Waals surface area contributed by atoms with Crippen LogP contribution >= 0.6 is 0 Å². The normalized spacial score (nSPS) is 13.1. The van der Waals surface area contributed by atoms with Crippen LogP contribution in [0.15, 0.2) is 53.5 Å². The second-order valence-corrected chi connectivity index (χ2v) is 8.96. The Balaban J connectivity index is 1.86. The number of hydrogen-bond donors (Lipinski definition) is 4. The molecule has 0 amide bonds. The van der Waals surface area contributed by atoms with Gasteiger partial charge >= 0.3 is 23.3 Å². The van der Waals surface area contributed by atoms with Crippen molar-refractivity contribution in [1.82, 2.24) is 9.88 Å². The summed E-state index contributed by atoms with van der Waals surface area (Å²) >= 11 is -2.56. The number of guanidine groups is 1. The fourth-order valence-electron chi connectivity index (χ4n) is 3.55. The number of fused-ring (bicyclic) bond motifs is 1. The van der Waals surface area contributed by atoms with Crippen molar-refractivity contribution < 1.29 is 42.2 Å². The highest BCUT2D eigenvalue weighted by Gasteiger charge is 2.19. The Bertz CT molecular complexity index is 1370. The van der Waals surface area contributed by atoms with Gasteiger partial charge in [-0.2, -0.15) is 9.20 Å². The van der Waals surface area contributed by atoms with Gasteiger partial charge in [0.2, 0.25) is 6.29 Å². The summed E-state index contributed by atoms with van der Waals surface area (Å²) in [5.41, 5.74) is 7.90. The summed E-state index contributed by atoms with van der Waals surface area (Å²) in [4.78, 5) is 32.0. The summed E-state index contributed by atoms with van der Waals surface area (Å²) < 4.78 is 36.9. The number of carbonyl (C=O) groups is 2. The van der Waals surface area contributed by atoms with Gasteiger partial charge in [-0.05, 0) is 49.2 Å². The molecule has 0 spiro atoms. The number of rotatable bonds is 13. The van der Waals surface area contributed by atoms with Gasteiger partial charge < -0.3 is 30.3 Å². The number of nitrogens with two attached hydrogens (primary N) is 1. The second kappa shape index (κ2) is 13.5. The lowest BCUT2D eigenvalue weighted by molar-refractivity contribution is -0.140. The Morgan fingerprint density at radius 2 is 1.74 bits per heavy atom. The van der Waals surface area contributed by atoms with Crippen LogP contribution in [-0.4, -0.2) is 72.7 Å². The number of carboxylic acid groups (broad SMARTS) is 2. The molecule has 3 rings (SSSR count). The highest BCUT2D eigenvalue weighted by Crippen LogP contribution is 2.31. The van der Waals surface area contributed by atoms with Crippen molar-refractivity contribution in [3.8, 4) is 11.5 Å². The summed E-state index contributed by atoms with van der Waals surface area (Å²) in [6.45, 7) is 2.35. The molecule has 0 aliphatic heterocycles. The largest absolute Gasteiger partial charge is 0.491 e. The first-order chi connectivity index (χ1) is 18.5. The van der Waals surface area contributed by atoms with Gasteiger partial charge in [0.25, 0.3) is 0 Å². The lowest BCUT2D eigenvalue weighted by atomic mass is 10.1. The molecule has 0 radical (unpaired) electrons. The zero-order chi connectivity index (χ0) is 28.5. The molecule has 0 saturated carbocycles. The molecule has 0 saturated heterocycles. The van der Waals surface area contributed by atoms with Crippen LogP contribution in [0.25, 0.3) is 10.9 Å². The minimum atomic E-state index is -2.56. The van der Waals surface area contributed by atoms with E-state index in [-0.39, 0.29) is 24.8 Å². The minimum absolute atomic E-state index is 0.0359. The van der Waals surface area contributed by atoms with Crippen molar-refractivity contribution in [3.05, 3.63) is 59.7 Å². The first kappa shape index (κ1) is 29.3. The molecule has 13 nitrogen and oxygen atoms in total. The zero-order valence-corrected chi connectivity index (χ0v) is 22.0. The van der Waals surface area contributed by atoms with Gasteiger partial charge in [-0.25, -0.2) is 9.17 Å². The van der Waals surface area contributed by atoms with Crippen LogP contribution in [0, 0.1) is 13.8 Å². The first-order valence-corrected chi connectivity index (χ1v) is 12.6. The molecule has 0 aliphatic rings. The van der Waals surface area contributed by atoms with Gasteiger partial charge in [-0.3, -0.25) is 14.1 Å². The first-order valence-electron chi connectivity index (χ1n) is 11.6. The van der Waals surface area contributed by atoms with Crippen molar-refractivity contribution in [2.45, 2.75) is 26.6 Å². The number of hydrogen-bond acceptors (Lipinski definition) is 8. The van der Waals surface area contributed by atoms with E-state index in [1.807, 2.05) is 19.1 Å². The topological polar surface area (TPSA) is 194 Å². The molecule has 2 unspecified atom stereocenters. The average molecular weight is 561 g/mol. The predicted octanol–water partition coefficient (Wildman–Crippen LogP) is 2.60. The minimum Gasteiger partial charge on any atom is -0.491 e. The highest BCUT2D eigenvalue weighted by atomic mass is 32.2. The second-order valence-electron chi connectivity index (χ2n) is 8.33. The molecule has 208 valence electrons. The fourth-order valence-corrected chi connectivity index (χ4v) is 3.87. The molecular formula is C25H28N4O9S. The predicted molar refractivity (Wildman–Crippen MR) is 142 cm³/mol. The Labute approximate surface area is 226 Å². The molecule has 0 aliphatic carbocycles. The maximum absolute atomic E-state index is 11.2. The fraction of sp³-hybridized carbons (Fsp3) is 0.280. The number of ether oxygens (including phenoxy) is 2. The van der Waals surface area contributed by atoms with Crippen LogP contribution < -0.4 is 15.2 Å². The molecule has 1 heterocycles. The summed E-state index contributed by atoms with van der Waals surface area (Å²) in [6.07, 6.45) is -0.973. The summed E-state index contributed by atoms with van der Waals surface area (Å²) in [7, 11) is 0. The van der Waals surface area contributed by atoms with Crippen LogP contribution in [0.1, 0.15) is 17.5 Å². The highest BCUT2D eigenvalue weighted by molar-refractivity contribution is 7.74. The van der Waals surface area contributed by atoms with Gasteiger partial charge in [-0.1, -0.05) is 24.3 Å². The van der Waals surface area contributed by atoms with E-state index in [4.69, 9.17) is 29.6 Å². The lowest BCUT2D eigenvalue weighted by Crippen LogP contribution is -2.43. The van der Waals surface area contributed by atoms with E-state index in [1.165, 1.54) is 0 Å². The number of nitrogens with zero attached hydrogens (tertiary/aromatic N) is 3. The Hall–Kier alpha value is -4.27. The van der Waals surface area contributed by atoms with Crippen LogP contribution in [-0.2, 0) is 25.1 Å². The van der Waals surface area contributed by atoms with Crippen molar-refractivity contribution in [1.29, 1.82) is 0 Å². The smallest absolute Gasteiger partial charge is 0.323 e. The van der Waals surface area contributed by atoms with Crippen molar-refractivity contribution in [2.75, 3.05) is 19.7 Å². The molecule has 39 heavy (non-hydrogen) atoms. The summed E-state index contributed by atoms with van der Waals surface area (Å²) in [6, 6.07) is 14.0. The van der Waals surface area contributed by atoms with E-state index in [2.05, 4.69) is 9.98 Å². The third-order valence-electron chi connectivity index (χ3n) is 5.34.